The van der Waals surface area contributed by atoms with Gasteiger partial charge in [0.1, 0.15) is 0 Å². The average molecular weight is 510 g/mol. The highest BCUT2D eigenvalue weighted by molar-refractivity contribution is 9.10. The number of nitrogens with two attached hydrogens (primary N) is 1. The van der Waals surface area contributed by atoms with Crippen molar-refractivity contribution in [3.63, 3.8) is 0 Å². The van der Waals surface area contributed by atoms with Crippen LogP contribution in [0.1, 0.15) is 22.4 Å². The summed E-state index contributed by atoms with van der Waals surface area (Å²) in [7, 11) is 0. The lowest BCUT2D eigenvalue weighted by Crippen LogP contribution is -2.33. The molecule has 2 aromatic carbocycles. The van der Waals surface area contributed by atoms with Gasteiger partial charge in [-0.15, -0.1) is 0 Å². The second kappa shape index (κ2) is 9.99. The number of ether oxygens (including phenoxy) is 1. The van der Waals surface area contributed by atoms with Crippen molar-refractivity contribution in [3.8, 4) is 0 Å². The number of aryl methyl sites for hydroxylation is 2. The highest BCUT2D eigenvalue weighted by Crippen LogP contribution is 2.19. The van der Waals surface area contributed by atoms with Gasteiger partial charge in [0.25, 0.3) is 5.56 Å². The van der Waals surface area contributed by atoms with Crippen LogP contribution in [0, 0.1) is 0 Å². The van der Waals surface area contributed by atoms with Crippen LogP contribution in [0.2, 0.25) is 0 Å². The van der Waals surface area contributed by atoms with Crippen molar-refractivity contribution in [2.24, 2.45) is 0 Å². The molecule has 0 atom stereocenters. The number of rotatable bonds is 7. The van der Waals surface area contributed by atoms with Crippen molar-refractivity contribution in [1.29, 1.82) is 0 Å². The number of carbonyl (C=O) groups excluding carboxylic acids is 1. The van der Waals surface area contributed by atoms with Gasteiger partial charge >= 0.3 is 12.1 Å². The third-order valence-electron chi connectivity index (χ3n) is 4.70. The van der Waals surface area contributed by atoms with E-state index in [-0.39, 0.29) is 17.9 Å². The fourth-order valence-corrected chi connectivity index (χ4v) is 3.57. The van der Waals surface area contributed by atoms with Gasteiger partial charge in [0.15, 0.2) is 6.73 Å². The van der Waals surface area contributed by atoms with Crippen molar-refractivity contribution < 1.29 is 22.7 Å². The molecule has 0 amide bonds. The number of aromatic nitrogens is 2. The van der Waals surface area contributed by atoms with Crippen LogP contribution in [0.25, 0.3) is 0 Å². The van der Waals surface area contributed by atoms with E-state index in [1.165, 1.54) is 0 Å². The Kier molecular flexibility index (Phi) is 7.34. The molecule has 0 aliphatic carbocycles. The summed E-state index contributed by atoms with van der Waals surface area (Å²) in [5.74, 6) is -2.74. The van der Waals surface area contributed by atoms with E-state index in [2.05, 4.69) is 25.7 Å². The molecule has 1 heterocycles. The average Bonchev–Trinajstić information content (AvgIpc) is 2.74. The standard InChI is InChI=1S/C22H19BrF3N3O3/c23-16-8-4-7-15(11-16)9-10-18-17(12-14-5-2-1-3-6-14)19(30)29(21(27)28-18)13-32-20(31)22(24,25)26/h1-8,11H,9-10,12-13H2,(H2,27,28). The number of nitrogens with zero attached hydrogens (tertiary/aromatic N) is 2. The fourth-order valence-electron chi connectivity index (χ4n) is 3.13. The quantitative estimate of drug-likeness (QED) is 0.486. The Bertz CT molecular complexity index is 1160. The maximum absolute atomic E-state index is 13.1. The van der Waals surface area contributed by atoms with Crippen molar-refractivity contribution in [3.05, 3.63) is 91.8 Å². The van der Waals surface area contributed by atoms with Gasteiger partial charge in [-0.25, -0.2) is 14.3 Å². The Balaban J connectivity index is 1.94. The Labute approximate surface area is 190 Å². The zero-order chi connectivity index (χ0) is 23.3. The number of esters is 1. The van der Waals surface area contributed by atoms with Crippen LogP contribution >= 0.6 is 15.9 Å². The number of alkyl halides is 3. The first-order valence-corrected chi connectivity index (χ1v) is 10.3. The van der Waals surface area contributed by atoms with Gasteiger partial charge < -0.3 is 10.5 Å². The smallest absolute Gasteiger partial charge is 0.437 e. The van der Waals surface area contributed by atoms with Crippen LogP contribution in [0.3, 0.4) is 0 Å². The van der Waals surface area contributed by atoms with Gasteiger partial charge in [-0.05, 0) is 36.1 Å². The molecule has 3 aromatic rings. The van der Waals surface area contributed by atoms with Gasteiger partial charge in [0.05, 0.1) is 5.69 Å². The number of benzene rings is 2. The lowest BCUT2D eigenvalue weighted by atomic mass is 10.0. The summed E-state index contributed by atoms with van der Waals surface area (Å²) in [6.07, 6.45) is -4.02. The summed E-state index contributed by atoms with van der Waals surface area (Å²) in [6, 6.07) is 16.7. The maximum atomic E-state index is 13.1. The second-order valence-corrected chi connectivity index (χ2v) is 7.90. The lowest BCUT2D eigenvalue weighted by Gasteiger charge is -2.16. The molecule has 3 rings (SSSR count). The van der Waals surface area contributed by atoms with E-state index in [1.54, 1.807) is 0 Å². The van der Waals surface area contributed by atoms with E-state index in [0.29, 0.717) is 18.5 Å². The molecule has 0 aliphatic rings. The number of carbonyl (C=O) groups is 1. The first-order valence-electron chi connectivity index (χ1n) is 9.55. The minimum atomic E-state index is -5.18. The summed E-state index contributed by atoms with van der Waals surface area (Å²) in [5, 5.41) is 0. The molecular weight excluding hydrogens is 491 g/mol. The number of nitrogen functional groups attached to an aromatic ring is 1. The molecule has 10 heteroatoms. The predicted octanol–water partition coefficient (Wildman–Crippen LogP) is 4.03. The van der Waals surface area contributed by atoms with Gasteiger partial charge in [-0.2, -0.15) is 13.2 Å². The van der Waals surface area contributed by atoms with E-state index in [0.717, 1.165) is 20.2 Å². The highest BCUT2D eigenvalue weighted by atomic mass is 79.9. The van der Waals surface area contributed by atoms with Crippen molar-refractivity contribution in [2.75, 3.05) is 5.73 Å². The van der Waals surface area contributed by atoms with Crippen molar-refractivity contribution >= 4 is 27.8 Å². The lowest BCUT2D eigenvalue weighted by molar-refractivity contribution is -0.203. The summed E-state index contributed by atoms with van der Waals surface area (Å²) < 4.78 is 43.2. The summed E-state index contributed by atoms with van der Waals surface area (Å²) in [5.41, 5.74) is 7.74. The minimum Gasteiger partial charge on any atom is -0.437 e. The normalized spacial score (nSPS) is 11.4. The molecule has 0 saturated heterocycles. The number of hydrogen-bond donors (Lipinski definition) is 1. The third kappa shape index (κ3) is 5.97. The molecule has 0 unspecified atom stereocenters. The van der Waals surface area contributed by atoms with Crippen LogP contribution in [-0.4, -0.2) is 21.7 Å². The van der Waals surface area contributed by atoms with Crippen LogP contribution in [0.4, 0.5) is 19.1 Å². The fraction of sp³-hybridized carbons (Fsp3) is 0.227. The molecule has 0 aliphatic heterocycles. The predicted molar refractivity (Wildman–Crippen MR) is 116 cm³/mol. The van der Waals surface area contributed by atoms with Crippen molar-refractivity contribution in [2.45, 2.75) is 32.2 Å². The molecular formula is C22H19BrF3N3O3. The van der Waals surface area contributed by atoms with E-state index < -0.39 is 24.4 Å². The van der Waals surface area contributed by atoms with Crippen LogP contribution in [-0.2, 0) is 35.5 Å². The third-order valence-corrected chi connectivity index (χ3v) is 5.19. The number of anilines is 1. The van der Waals surface area contributed by atoms with E-state index in [9.17, 15) is 22.8 Å². The maximum Gasteiger partial charge on any atom is 0.490 e. The van der Waals surface area contributed by atoms with E-state index in [4.69, 9.17) is 5.73 Å². The SMILES string of the molecule is Nc1nc(CCc2cccc(Br)c2)c(Cc2ccccc2)c(=O)n1COC(=O)C(F)(F)F. The monoisotopic (exact) mass is 509 g/mol. The molecule has 0 saturated carbocycles. The molecule has 168 valence electrons. The van der Waals surface area contributed by atoms with Gasteiger partial charge in [-0.1, -0.05) is 58.4 Å². The van der Waals surface area contributed by atoms with Crippen LogP contribution in [0.15, 0.2) is 63.9 Å². The molecule has 0 spiro atoms. The van der Waals surface area contributed by atoms with E-state index in [1.807, 2.05) is 54.6 Å². The topological polar surface area (TPSA) is 87.2 Å². The van der Waals surface area contributed by atoms with Crippen LogP contribution < -0.4 is 11.3 Å². The second-order valence-electron chi connectivity index (χ2n) is 6.98. The zero-order valence-corrected chi connectivity index (χ0v) is 18.3. The van der Waals surface area contributed by atoms with Crippen molar-refractivity contribution in [1.82, 2.24) is 9.55 Å². The van der Waals surface area contributed by atoms with Gasteiger partial charge in [0.2, 0.25) is 5.95 Å². The Hall–Kier alpha value is -3.14. The molecule has 0 bridgehead atoms. The summed E-state index contributed by atoms with van der Waals surface area (Å²) in [6.45, 7) is -0.982. The molecule has 0 radical (unpaired) electrons. The zero-order valence-electron chi connectivity index (χ0n) is 16.7. The van der Waals surface area contributed by atoms with Gasteiger partial charge in [0, 0.05) is 16.5 Å². The number of halogens is 4. The Morgan fingerprint density at radius 3 is 2.41 bits per heavy atom. The Morgan fingerprint density at radius 2 is 1.75 bits per heavy atom. The minimum absolute atomic E-state index is 0.202. The molecule has 0 fully saturated rings. The van der Waals surface area contributed by atoms with E-state index >= 15 is 0 Å². The first kappa shape index (κ1) is 23.5. The molecule has 32 heavy (non-hydrogen) atoms. The molecule has 6 nitrogen and oxygen atoms in total. The molecule has 2 N–H and O–H groups in total. The molecule has 1 aromatic heterocycles. The Morgan fingerprint density at radius 1 is 1.06 bits per heavy atom. The highest BCUT2D eigenvalue weighted by Gasteiger charge is 2.41. The number of hydrogen-bond acceptors (Lipinski definition) is 5. The summed E-state index contributed by atoms with van der Waals surface area (Å²) >= 11 is 3.41. The van der Waals surface area contributed by atoms with Gasteiger partial charge in [-0.3, -0.25) is 4.79 Å². The largest absolute Gasteiger partial charge is 0.490 e. The summed E-state index contributed by atoms with van der Waals surface area (Å²) in [4.78, 5) is 28.4. The first-order chi connectivity index (χ1) is 15.1. The van der Waals surface area contributed by atoms with Crippen LogP contribution in [0.5, 0.6) is 0 Å².